The van der Waals surface area contributed by atoms with Crippen molar-refractivity contribution >= 4 is 35.6 Å². The van der Waals surface area contributed by atoms with Crippen molar-refractivity contribution in [2.45, 2.75) is 25.4 Å². The number of aromatic nitrogens is 3. The van der Waals surface area contributed by atoms with Gasteiger partial charge in [0.05, 0.1) is 6.61 Å². The second kappa shape index (κ2) is 15.0. The minimum absolute atomic E-state index is 0. The van der Waals surface area contributed by atoms with Gasteiger partial charge in [-0.25, -0.2) is 0 Å². The Bertz CT molecular complexity index is 1610. The second-order valence-corrected chi connectivity index (χ2v) is 9.08. The third-order valence-electron chi connectivity index (χ3n) is 6.58. The summed E-state index contributed by atoms with van der Waals surface area (Å²) in [5.74, 6) is 0.766. The predicted molar refractivity (Wildman–Crippen MR) is 164 cm³/mol. The molecule has 0 spiro atoms. The van der Waals surface area contributed by atoms with Crippen LogP contribution in [0.2, 0.25) is 0 Å². The summed E-state index contributed by atoms with van der Waals surface area (Å²) in [6.07, 6.45) is 8.92. The fraction of sp³-hybridized carbons (Fsp3) is 0.194. The van der Waals surface area contributed by atoms with Gasteiger partial charge in [-0.1, -0.05) is 24.3 Å². The van der Waals surface area contributed by atoms with Crippen molar-refractivity contribution in [1.82, 2.24) is 19.4 Å². The zero-order valence-corrected chi connectivity index (χ0v) is 23.5. The molecule has 5 aromatic rings. The van der Waals surface area contributed by atoms with Crippen LogP contribution in [-0.4, -0.2) is 27.3 Å². The molecule has 0 fully saturated rings. The van der Waals surface area contributed by atoms with Crippen molar-refractivity contribution in [1.29, 1.82) is 0 Å². The first-order valence-corrected chi connectivity index (χ1v) is 12.8. The summed E-state index contributed by atoms with van der Waals surface area (Å²) in [5.41, 5.74) is 1.92. The van der Waals surface area contributed by atoms with Crippen molar-refractivity contribution in [3.63, 3.8) is 0 Å². The van der Waals surface area contributed by atoms with E-state index in [9.17, 15) is 9.59 Å². The first-order valence-electron chi connectivity index (χ1n) is 12.8. The van der Waals surface area contributed by atoms with E-state index >= 15 is 0 Å². The van der Waals surface area contributed by atoms with Gasteiger partial charge in [-0.15, -0.1) is 24.8 Å². The van der Waals surface area contributed by atoms with Gasteiger partial charge in [0.25, 0.3) is 11.1 Å². The maximum absolute atomic E-state index is 12.8. The highest BCUT2D eigenvalue weighted by atomic mass is 35.5. The molecular formula is C31H32Cl2N4O3. The third kappa shape index (κ3) is 7.60. The van der Waals surface area contributed by atoms with Gasteiger partial charge >= 0.3 is 0 Å². The highest BCUT2D eigenvalue weighted by Crippen LogP contribution is 2.19. The van der Waals surface area contributed by atoms with E-state index in [1.54, 1.807) is 33.8 Å². The number of nitrogens with one attached hydrogen (secondary N) is 1. The van der Waals surface area contributed by atoms with Crippen LogP contribution in [0.15, 0.2) is 119 Å². The average Bonchev–Trinajstić information content (AvgIpc) is 2.97. The number of pyridine rings is 3. The van der Waals surface area contributed by atoms with Gasteiger partial charge in [0.1, 0.15) is 5.75 Å². The van der Waals surface area contributed by atoms with Crippen molar-refractivity contribution in [3.05, 3.63) is 136 Å². The van der Waals surface area contributed by atoms with Gasteiger partial charge in [-0.05, 0) is 78.4 Å². The lowest BCUT2D eigenvalue weighted by Crippen LogP contribution is -2.29. The lowest BCUT2D eigenvalue weighted by molar-refractivity contribution is 0.295. The van der Waals surface area contributed by atoms with Crippen molar-refractivity contribution in [2.75, 3.05) is 13.2 Å². The average molecular weight is 580 g/mol. The Morgan fingerprint density at radius 1 is 0.825 bits per heavy atom. The molecule has 0 amide bonds. The smallest absolute Gasteiger partial charge is 0.258 e. The highest BCUT2D eigenvalue weighted by molar-refractivity contribution is 5.85. The summed E-state index contributed by atoms with van der Waals surface area (Å²) in [6.45, 7) is 1.81. The number of rotatable bonds is 11. The van der Waals surface area contributed by atoms with Gasteiger partial charge in [0.15, 0.2) is 0 Å². The molecule has 1 atom stereocenters. The quantitative estimate of drug-likeness (QED) is 0.207. The highest BCUT2D eigenvalue weighted by Gasteiger charge is 2.11. The van der Waals surface area contributed by atoms with Crippen LogP contribution in [0, 0.1) is 0 Å². The van der Waals surface area contributed by atoms with Gasteiger partial charge in [-0.2, -0.15) is 0 Å². The largest absolute Gasteiger partial charge is 0.494 e. The van der Waals surface area contributed by atoms with E-state index in [1.807, 2.05) is 79.0 Å². The molecule has 40 heavy (non-hydrogen) atoms. The molecular weight excluding hydrogens is 547 g/mol. The van der Waals surface area contributed by atoms with Crippen LogP contribution in [0.25, 0.3) is 16.5 Å². The fourth-order valence-corrected chi connectivity index (χ4v) is 4.57. The van der Waals surface area contributed by atoms with E-state index in [0.717, 1.165) is 40.6 Å². The molecule has 7 nitrogen and oxygen atoms in total. The van der Waals surface area contributed by atoms with E-state index in [0.29, 0.717) is 19.7 Å². The Hall–Kier alpha value is -3.91. The number of nitrogens with zero attached hydrogens (tertiary/aromatic N) is 3. The Labute approximate surface area is 245 Å². The first-order chi connectivity index (χ1) is 18.7. The number of hydrogen-bond acceptors (Lipinski definition) is 5. The number of halogens is 2. The first kappa shape index (κ1) is 30.6. The Kier molecular flexibility index (Phi) is 11.5. The van der Waals surface area contributed by atoms with Crippen LogP contribution in [0.3, 0.4) is 0 Å². The van der Waals surface area contributed by atoms with Gasteiger partial charge < -0.3 is 14.6 Å². The van der Waals surface area contributed by atoms with Crippen LogP contribution in [0.4, 0.5) is 0 Å². The van der Waals surface area contributed by atoms with Crippen molar-refractivity contribution in [3.8, 4) is 11.4 Å². The molecule has 3 heterocycles. The normalized spacial score (nSPS) is 11.3. The SMILES string of the molecule is Cl.Cl.O=c1c2ccccc2ccn1CCNC(CCCOc1ccc(-n2ccccc2=O)cc1)c1ccncc1. The van der Waals surface area contributed by atoms with Gasteiger partial charge in [0, 0.05) is 61.1 Å². The summed E-state index contributed by atoms with van der Waals surface area (Å²) in [4.78, 5) is 29.0. The Morgan fingerprint density at radius 3 is 2.35 bits per heavy atom. The molecule has 0 aliphatic rings. The molecule has 2 aromatic carbocycles. The molecule has 0 aliphatic carbocycles. The number of hydrogen-bond donors (Lipinski definition) is 1. The lowest BCUT2D eigenvalue weighted by Gasteiger charge is -2.20. The fourth-order valence-electron chi connectivity index (χ4n) is 4.57. The maximum Gasteiger partial charge on any atom is 0.258 e. The third-order valence-corrected chi connectivity index (χ3v) is 6.58. The summed E-state index contributed by atoms with van der Waals surface area (Å²) < 4.78 is 9.33. The molecule has 1 N–H and O–H groups in total. The zero-order valence-electron chi connectivity index (χ0n) is 21.9. The molecule has 3 aromatic heterocycles. The summed E-state index contributed by atoms with van der Waals surface area (Å²) in [7, 11) is 0. The minimum atomic E-state index is -0.0682. The summed E-state index contributed by atoms with van der Waals surface area (Å²) in [5, 5.41) is 5.31. The number of fused-ring (bicyclic) bond motifs is 1. The zero-order chi connectivity index (χ0) is 26.2. The minimum Gasteiger partial charge on any atom is -0.494 e. The monoisotopic (exact) mass is 578 g/mol. The van der Waals surface area contributed by atoms with Crippen molar-refractivity contribution < 1.29 is 4.74 Å². The number of benzene rings is 2. The summed E-state index contributed by atoms with van der Waals surface area (Å²) in [6, 6.07) is 26.4. The predicted octanol–water partition coefficient (Wildman–Crippen LogP) is 5.58. The van der Waals surface area contributed by atoms with Crippen LogP contribution in [0.1, 0.15) is 24.4 Å². The molecule has 0 saturated carbocycles. The second-order valence-electron chi connectivity index (χ2n) is 9.08. The molecule has 0 aliphatic heterocycles. The Balaban J connectivity index is 0.00000220. The molecule has 208 valence electrons. The molecule has 1 unspecified atom stereocenters. The topological polar surface area (TPSA) is 78.2 Å². The van der Waals surface area contributed by atoms with Crippen LogP contribution < -0.4 is 21.2 Å². The Morgan fingerprint density at radius 2 is 1.57 bits per heavy atom. The van der Waals surface area contributed by atoms with E-state index in [2.05, 4.69) is 10.3 Å². The lowest BCUT2D eigenvalue weighted by atomic mass is 10.0. The van der Waals surface area contributed by atoms with Crippen LogP contribution in [-0.2, 0) is 6.54 Å². The molecule has 0 radical (unpaired) electrons. The van der Waals surface area contributed by atoms with Crippen LogP contribution in [0.5, 0.6) is 5.75 Å². The maximum atomic E-state index is 12.8. The van der Waals surface area contributed by atoms with Gasteiger partial charge in [-0.3, -0.25) is 19.1 Å². The number of ether oxygens (including phenoxy) is 1. The standard InChI is InChI=1S/C31H30N4O3.2ClH/c36-30-9-3-4-20-35(30)26-10-12-27(13-11-26)38-23-5-8-29(25-14-17-32-18-15-25)33-19-22-34-21-16-24-6-1-2-7-28(24)31(34)37;;/h1-4,6-7,9-18,20-21,29,33H,5,8,19,22-23H2;2*1H. The van der Waals surface area contributed by atoms with Gasteiger partial charge in [0.2, 0.25) is 0 Å². The van der Waals surface area contributed by atoms with Crippen molar-refractivity contribution in [2.24, 2.45) is 0 Å². The van der Waals surface area contributed by atoms with E-state index in [-0.39, 0.29) is 42.0 Å². The van der Waals surface area contributed by atoms with Crippen LogP contribution >= 0.6 is 24.8 Å². The van der Waals surface area contributed by atoms with E-state index in [4.69, 9.17) is 4.74 Å². The molecule has 0 bridgehead atoms. The molecule has 9 heteroatoms. The molecule has 5 rings (SSSR count). The molecule has 0 saturated heterocycles. The van der Waals surface area contributed by atoms with E-state index < -0.39 is 0 Å². The van der Waals surface area contributed by atoms with E-state index in [1.165, 1.54) is 6.07 Å². The summed E-state index contributed by atoms with van der Waals surface area (Å²) >= 11 is 0.